The highest BCUT2D eigenvalue weighted by atomic mass is 16.2. The summed E-state index contributed by atoms with van der Waals surface area (Å²) in [5.41, 5.74) is 2.00. The molecule has 0 spiro atoms. The lowest BCUT2D eigenvalue weighted by Crippen LogP contribution is -2.57. The first-order chi connectivity index (χ1) is 9.03. The van der Waals surface area contributed by atoms with Crippen molar-refractivity contribution in [2.75, 3.05) is 6.54 Å². The summed E-state index contributed by atoms with van der Waals surface area (Å²) in [6.07, 6.45) is 3.20. The topological polar surface area (TPSA) is 41.1 Å². The van der Waals surface area contributed by atoms with Crippen molar-refractivity contribution >= 4 is 5.91 Å². The summed E-state index contributed by atoms with van der Waals surface area (Å²) in [6, 6.07) is 8.26. The number of piperidine rings is 1. The minimum absolute atomic E-state index is 0.0502. The van der Waals surface area contributed by atoms with Crippen LogP contribution < -0.4 is 10.6 Å². The Kier molecular flexibility index (Phi) is 4.25. The Balaban J connectivity index is 2.04. The molecule has 3 nitrogen and oxygen atoms in total. The number of hydrogen-bond donors (Lipinski definition) is 2. The Morgan fingerprint density at radius 2 is 2.11 bits per heavy atom. The highest BCUT2D eigenvalue weighted by Gasteiger charge is 2.34. The Hall–Kier alpha value is -1.35. The van der Waals surface area contributed by atoms with Gasteiger partial charge in [-0.25, -0.2) is 0 Å². The predicted molar refractivity (Wildman–Crippen MR) is 78.0 cm³/mol. The molecule has 1 saturated heterocycles. The molecule has 0 aromatic heterocycles. The van der Waals surface area contributed by atoms with Crippen LogP contribution in [0.25, 0.3) is 0 Å². The van der Waals surface area contributed by atoms with Crippen LogP contribution in [0, 0.1) is 6.92 Å². The summed E-state index contributed by atoms with van der Waals surface area (Å²) < 4.78 is 0. The first kappa shape index (κ1) is 14.1. The molecule has 0 bridgehead atoms. The molecular weight excluding hydrogens is 236 g/mol. The summed E-state index contributed by atoms with van der Waals surface area (Å²) >= 11 is 0. The molecule has 1 unspecified atom stereocenters. The highest BCUT2D eigenvalue weighted by Crippen LogP contribution is 2.22. The SMILES string of the molecule is Cc1ccccc1[C@H](C)NC(=O)C1(C)CCCCN1. The van der Waals surface area contributed by atoms with Crippen molar-refractivity contribution in [3.05, 3.63) is 35.4 Å². The quantitative estimate of drug-likeness (QED) is 0.877. The van der Waals surface area contributed by atoms with E-state index in [9.17, 15) is 4.79 Å². The van der Waals surface area contributed by atoms with Crippen molar-refractivity contribution in [3.63, 3.8) is 0 Å². The van der Waals surface area contributed by atoms with Gasteiger partial charge < -0.3 is 10.6 Å². The average molecular weight is 260 g/mol. The molecule has 0 saturated carbocycles. The van der Waals surface area contributed by atoms with Crippen LogP contribution in [0.1, 0.15) is 50.3 Å². The van der Waals surface area contributed by atoms with Crippen molar-refractivity contribution in [2.45, 2.75) is 51.6 Å². The van der Waals surface area contributed by atoms with Gasteiger partial charge in [0.25, 0.3) is 0 Å². The van der Waals surface area contributed by atoms with E-state index in [1.807, 2.05) is 26.0 Å². The molecule has 19 heavy (non-hydrogen) atoms. The number of benzene rings is 1. The van der Waals surface area contributed by atoms with Crippen molar-refractivity contribution in [3.8, 4) is 0 Å². The zero-order valence-corrected chi connectivity index (χ0v) is 12.1. The van der Waals surface area contributed by atoms with Crippen LogP contribution in [0.3, 0.4) is 0 Å². The van der Waals surface area contributed by atoms with E-state index < -0.39 is 5.54 Å². The molecule has 104 valence electrons. The smallest absolute Gasteiger partial charge is 0.240 e. The van der Waals surface area contributed by atoms with Crippen LogP contribution in [-0.2, 0) is 4.79 Å². The number of nitrogens with one attached hydrogen (secondary N) is 2. The van der Waals surface area contributed by atoms with E-state index in [0.29, 0.717) is 0 Å². The number of carbonyl (C=O) groups is 1. The fraction of sp³-hybridized carbons (Fsp3) is 0.562. The second-order valence-corrected chi connectivity index (χ2v) is 5.77. The Labute approximate surface area is 115 Å². The predicted octanol–water partition coefficient (Wildman–Crippen LogP) is 2.70. The number of amides is 1. The summed E-state index contributed by atoms with van der Waals surface area (Å²) in [5.74, 6) is 0.114. The van der Waals surface area contributed by atoms with Gasteiger partial charge >= 0.3 is 0 Å². The minimum atomic E-state index is -0.408. The molecule has 2 N–H and O–H groups in total. The maximum atomic E-state index is 12.4. The van der Waals surface area contributed by atoms with Crippen molar-refractivity contribution in [1.82, 2.24) is 10.6 Å². The normalized spacial score (nSPS) is 24.8. The molecule has 0 radical (unpaired) electrons. The van der Waals surface area contributed by atoms with Gasteiger partial charge in [0, 0.05) is 0 Å². The van der Waals surface area contributed by atoms with Gasteiger partial charge in [-0.2, -0.15) is 0 Å². The number of hydrogen-bond acceptors (Lipinski definition) is 2. The lowest BCUT2D eigenvalue weighted by molar-refractivity contribution is -0.128. The standard InChI is InChI=1S/C16H24N2O/c1-12-8-4-5-9-14(12)13(2)18-15(19)16(3)10-6-7-11-17-16/h4-5,8-9,13,17H,6-7,10-11H2,1-3H3,(H,18,19)/t13-,16?/m0/s1. The first-order valence-corrected chi connectivity index (χ1v) is 7.14. The molecule has 2 rings (SSSR count). The molecule has 1 heterocycles. The van der Waals surface area contributed by atoms with Gasteiger partial charge in [-0.15, -0.1) is 0 Å². The van der Waals surface area contributed by atoms with Crippen LogP contribution in [0.2, 0.25) is 0 Å². The fourth-order valence-electron chi connectivity index (χ4n) is 2.76. The lowest BCUT2D eigenvalue weighted by Gasteiger charge is -2.34. The summed E-state index contributed by atoms with van der Waals surface area (Å²) in [5, 5.41) is 6.50. The summed E-state index contributed by atoms with van der Waals surface area (Å²) in [4.78, 5) is 12.4. The van der Waals surface area contributed by atoms with Crippen LogP contribution in [0.5, 0.6) is 0 Å². The third-order valence-electron chi connectivity index (χ3n) is 4.12. The van der Waals surface area contributed by atoms with Crippen LogP contribution in [-0.4, -0.2) is 18.0 Å². The molecule has 2 atom stereocenters. The molecule has 1 amide bonds. The van der Waals surface area contributed by atoms with Gasteiger partial charge in [0.2, 0.25) is 5.91 Å². The maximum absolute atomic E-state index is 12.4. The maximum Gasteiger partial charge on any atom is 0.240 e. The largest absolute Gasteiger partial charge is 0.348 e. The van der Waals surface area contributed by atoms with Gasteiger partial charge in [-0.1, -0.05) is 24.3 Å². The Bertz CT molecular complexity index is 450. The highest BCUT2D eigenvalue weighted by molar-refractivity contribution is 5.86. The molecule has 1 aliphatic rings. The monoisotopic (exact) mass is 260 g/mol. The minimum Gasteiger partial charge on any atom is -0.348 e. The van der Waals surface area contributed by atoms with Crippen LogP contribution >= 0.6 is 0 Å². The van der Waals surface area contributed by atoms with E-state index in [-0.39, 0.29) is 11.9 Å². The summed E-state index contributed by atoms with van der Waals surface area (Å²) in [6.45, 7) is 7.07. The molecule has 3 heteroatoms. The van der Waals surface area contributed by atoms with Gasteiger partial charge in [0.15, 0.2) is 0 Å². The number of aryl methyl sites for hydroxylation is 1. The van der Waals surface area contributed by atoms with E-state index in [2.05, 4.69) is 29.7 Å². The average Bonchev–Trinajstić information content (AvgIpc) is 2.40. The van der Waals surface area contributed by atoms with Crippen LogP contribution in [0.4, 0.5) is 0 Å². The Morgan fingerprint density at radius 1 is 1.37 bits per heavy atom. The fourth-order valence-corrected chi connectivity index (χ4v) is 2.76. The molecule has 1 fully saturated rings. The van der Waals surface area contributed by atoms with Gasteiger partial charge in [-0.05, 0) is 57.7 Å². The number of carbonyl (C=O) groups excluding carboxylic acids is 1. The number of rotatable bonds is 3. The molecule has 0 aliphatic carbocycles. The van der Waals surface area contributed by atoms with E-state index in [1.165, 1.54) is 11.1 Å². The zero-order valence-electron chi connectivity index (χ0n) is 12.1. The third-order valence-corrected chi connectivity index (χ3v) is 4.12. The lowest BCUT2D eigenvalue weighted by atomic mass is 9.89. The van der Waals surface area contributed by atoms with E-state index >= 15 is 0 Å². The molecule has 1 aromatic rings. The second kappa shape index (κ2) is 5.74. The third kappa shape index (κ3) is 3.16. The molecule has 1 aromatic carbocycles. The van der Waals surface area contributed by atoms with Crippen molar-refractivity contribution < 1.29 is 4.79 Å². The van der Waals surface area contributed by atoms with E-state index in [0.717, 1.165) is 25.8 Å². The summed E-state index contributed by atoms with van der Waals surface area (Å²) in [7, 11) is 0. The van der Waals surface area contributed by atoms with E-state index in [1.54, 1.807) is 0 Å². The van der Waals surface area contributed by atoms with Crippen LogP contribution in [0.15, 0.2) is 24.3 Å². The van der Waals surface area contributed by atoms with Crippen molar-refractivity contribution in [1.29, 1.82) is 0 Å². The van der Waals surface area contributed by atoms with Gasteiger partial charge in [0.1, 0.15) is 0 Å². The first-order valence-electron chi connectivity index (χ1n) is 7.14. The molecular formula is C16H24N2O. The molecule has 1 aliphatic heterocycles. The van der Waals surface area contributed by atoms with Gasteiger partial charge in [0.05, 0.1) is 11.6 Å². The zero-order chi connectivity index (χ0) is 13.9. The Morgan fingerprint density at radius 3 is 2.74 bits per heavy atom. The second-order valence-electron chi connectivity index (χ2n) is 5.77. The van der Waals surface area contributed by atoms with Gasteiger partial charge in [-0.3, -0.25) is 4.79 Å². The van der Waals surface area contributed by atoms with Crippen molar-refractivity contribution in [2.24, 2.45) is 0 Å². The van der Waals surface area contributed by atoms with E-state index in [4.69, 9.17) is 0 Å².